The maximum atomic E-state index is 10.0. The standard InChI is InChI=1S/C10H13N3O/c1-13(12-14)8-3-2-5-10-6-4-7-11-9-10/h2,4-7,9H,3,8H2,1H3/b5-2+. The molecule has 0 saturated heterocycles. The topological polar surface area (TPSA) is 45.6 Å². The summed E-state index contributed by atoms with van der Waals surface area (Å²) in [5, 5.41) is 4.14. The molecule has 14 heavy (non-hydrogen) atoms. The molecule has 4 nitrogen and oxygen atoms in total. The molecule has 0 aliphatic carbocycles. The normalized spacial score (nSPS) is 10.4. The molecule has 1 rings (SSSR count). The van der Waals surface area contributed by atoms with Crippen molar-refractivity contribution in [3.8, 4) is 0 Å². The van der Waals surface area contributed by atoms with Gasteiger partial charge < -0.3 is 0 Å². The van der Waals surface area contributed by atoms with Gasteiger partial charge in [-0.25, -0.2) is 0 Å². The summed E-state index contributed by atoms with van der Waals surface area (Å²) >= 11 is 0. The van der Waals surface area contributed by atoms with Crippen molar-refractivity contribution in [1.82, 2.24) is 9.99 Å². The van der Waals surface area contributed by atoms with Gasteiger partial charge in [0.1, 0.15) is 0 Å². The van der Waals surface area contributed by atoms with Crippen LogP contribution in [0.15, 0.2) is 35.9 Å². The average Bonchev–Trinajstić information content (AvgIpc) is 2.25. The lowest BCUT2D eigenvalue weighted by molar-refractivity contribution is 0.357. The van der Waals surface area contributed by atoms with E-state index in [1.165, 1.54) is 5.01 Å². The van der Waals surface area contributed by atoms with Crippen LogP contribution in [0.5, 0.6) is 0 Å². The van der Waals surface area contributed by atoms with Gasteiger partial charge in [0.05, 0.1) is 5.29 Å². The fourth-order valence-electron chi connectivity index (χ4n) is 0.996. The van der Waals surface area contributed by atoms with E-state index in [-0.39, 0.29) is 0 Å². The number of nitrogens with zero attached hydrogens (tertiary/aromatic N) is 3. The maximum absolute atomic E-state index is 10.0. The Kier molecular flexibility index (Phi) is 4.34. The van der Waals surface area contributed by atoms with Crippen LogP contribution in [0, 0.1) is 4.91 Å². The summed E-state index contributed by atoms with van der Waals surface area (Å²) in [5.74, 6) is 0. The van der Waals surface area contributed by atoms with Crippen LogP contribution in [0.2, 0.25) is 0 Å². The second-order valence-corrected chi connectivity index (χ2v) is 2.94. The van der Waals surface area contributed by atoms with Gasteiger partial charge in [0, 0.05) is 26.0 Å². The predicted molar refractivity (Wildman–Crippen MR) is 56.3 cm³/mol. The van der Waals surface area contributed by atoms with Crippen molar-refractivity contribution < 1.29 is 0 Å². The Hall–Kier alpha value is -1.71. The first-order valence-electron chi connectivity index (χ1n) is 4.44. The van der Waals surface area contributed by atoms with Crippen LogP contribution >= 0.6 is 0 Å². The molecule has 0 spiro atoms. The number of rotatable bonds is 5. The number of hydrogen-bond acceptors (Lipinski definition) is 3. The first-order chi connectivity index (χ1) is 6.83. The molecule has 0 amide bonds. The van der Waals surface area contributed by atoms with Gasteiger partial charge >= 0.3 is 0 Å². The third kappa shape index (κ3) is 3.80. The molecule has 1 heterocycles. The lowest BCUT2D eigenvalue weighted by Gasteiger charge is -2.04. The van der Waals surface area contributed by atoms with Gasteiger partial charge in [-0.2, -0.15) is 0 Å². The molecule has 0 unspecified atom stereocenters. The minimum absolute atomic E-state index is 0.639. The highest BCUT2D eigenvalue weighted by Gasteiger charge is 1.90. The van der Waals surface area contributed by atoms with Gasteiger partial charge in [-0.3, -0.25) is 9.99 Å². The highest BCUT2D eigenvalue weighted by molar-refractivity contribution is 5.47. The number of pyridine rings is 1. The van der Waals surface area contributed by atoms with E-state index < -0.39 is 0 Å². The molecule has 0 aromatic carbocycles. The summed E-state index contributed by atoms with van der Waals surface area (Å²) < 4.78 is 0. The fourth-order valence-corrected chi connectivity index (χ4v) is 0.996. The Morgan fingerprint density at radius 1 is 1.64 bits per heavy atom. The van der Waals surface area contributed by atoms with Gasteiger partial charge in [-0.15, -0.1) is 4.91 Å². The monoisotopic (exact) mass is 191 g/mol. The van der Waals surface area contributed by atoms with Gasteiger partial charge in [0.15, 0.2) is 0 Å². The van der Waals surface area contributed by atoms with Crippen molar-refractivity contribution in [1.29, 1.82) is 0 Å². The van der Waals surface area contributed by atoms with Gasteiger partial charge in [0.25, 0.3) is 0 Å². The molecule has 0 fully saturated rings. The van der Waals surface area contributed by atoms with Crippen LogP contribution in [-0.2, 0) is 0 Å². The smallest absolute Gasteiger partial charge is 0.0521 e. The summed E-state index contributed by atoms with van der Waals surface area (Å²) in [5.41, 5.74) is 1.06. The molecule has 1 aromatic heterocycles. The van der Waals surface area contributed by atoms with E-state index in [1.807, 2.05) is 24.3 Å². The zero-order chi connectivity index (χ0) is 10.2. The Morgan fingerprint density at radius 3 is 3.14 bits per heavy atom. The quantitative estimate of drug-likeness (QED) is 0.529. The van der Waals surface area contributed by atoms with E-state index in [0.717, 1.165) is 12.0 Å². The van der Waals surface area contributed by atoms with Gasteiger partial charge in [-0.1, -0.05) is 18.2 Å². The first kappa shape index (κ1) is 10.4. The maximum Gasteiger partial charge on any atom is 0.0521 e. The highest BCUT2D eigenvalue weighted by Crippen LogP contribution is 2.00. The second-order valence-electron chi connectivity index (χ2n) is 2.94. The van der Waals surface area contributed by atoms with E-state index >= 15 is 0 Å². The van der Waals surface area contributed by atoms with E-state index in [0.29, 0.717) is 6.54 Å². The summed E-state index contributed by atoms with van der Waals surface area (Å²) in [7, 11) is 1.66. The predicted octanol–water partition coefficient (Wildman–Crippen LogP) is 2.10. The van der Waals surface area contributed by atoms with Crippen molar-refractivity contribution in [3.63, 3.8) is 0 Å². The summed E-state index contributed by atoms with van der Waals surface area (Å²) in [6, 6.07) is 3.87. The molecule has 74 valence electrons. The second kappa shape index (κ2) is 5.85. The van der Waals surface area contributed by atoms with E-state index in [4.69, 9.17) is 0 Å². The van der Waals surface area contributed by atoms with Crippen LogP contribution in [0.3, 0.4) is 0 Å². The molecule has 0 aliphatic heterocycles. The molecular weight excluding hydrogens is 178 g/mol. The van der Waals surface area contributed by atoms with E-state index in [9.17, 15) is 4.91 Å². The van der Waals surface area contributed by atoms with Crippen LogP contribution < -0.4 is 0 Å². The third-order valence-electron chi connectivity index (χ3n) is 1.75. The minimum Gasteiger partial charge on any atom is -0.264 e. The Morgan fingerprint density at radius 2 is 2.50 bits per heavy atom. The zero-order valence-electron chi connectivity index (χ0n) is 8.13. The third-order valence-corrected chi connectivity index (χ3v) is 1.75. The van der Waals surface area contributed by atoms with Crippen LogP contribution in [0.4, 0.5) is 0 Å². The molecule has 1 aromatic rings. The molecule has 4 heteroatoms. The summed E-state index contributed by atoms with van der Waals surface area (Å²) in [6.07, 6.45) is 8.31. The van der Waals surface area contributed by atoms with Crippen LogP contribution in [0.25, 0.3) is 6.08 Å². The fraction of sp³-hybridized carbons (Fsp3) is 0.300. The SMILES string of the molecule is CN(CC/C=C/c1cccnc1)N=O. The van der Waals surface area contributed by atoms with E-state index in [2.05, 4.69) is 10.3 Å². The van der Waals surface area contributed by atoms with Crippen molar-refractivity contribution in [2.75, 3.05) is 13.6 Å². The van der Waals surface area contributed by atoms with Crippen molar-refractivity contribution >= 4 is 6.08 Å². The first-order valence-corrected chi connectivity index (χ1v) is 4.44. The molecule has 0 bridgehead atoms. The molecule has 0 aliphatic rings. The molecule has 0 atom stereocenters. The van der Waals surface area contributed by atoms with E-state index in [1.54, 1.807) is 19.4 Å². The minimum atomic E-state index is 0.639. The van der Waals surface area contributed by atoms with Crippen molar-refractivity contribution in [3.05, 3.63) is 41.1 Å². The number of nitroso groups, excluding NO2 is 1. The van der Waals surface area contributed by atoms with Gasteiger partial charge in [0.2, 0.25) is 0 Å². The number of hydrogen-bond donors (Lipinski definition) is 0. The number of aromatic nitrogens is 1. The Balaban J connectivity index is 2.31. The van der Waals surface area contributed by atoms with Crippen molar-refractivity contribution in [2.45, 2.75) is 6.42 Å². The molecule has 0 radical (unpaired) electrons. The summed E-state index contributed by atoms with van der Waals surface area (Å²) in [6.45, 7) is 0.639. The van der Waals surface area contributed by atoms with Crippen LogP contribution in [0.1, 0.15) is 12.0 Å². The average molecular weight is 191 g/mol. The Bertz CT molecular complexity index is 297. The largest absolute Gasteiger partial charge is 0.264 e. The van der Waals surface area contributed by atoms with Gasteiger partial charge in [-0.05, 0) is 18.1 Å². The highest BCUT2D eigenvalue weighted by atomic mass is 16.3. The molecule has 0 saturated carbocycles. The zero-order valence-corrected chi connectivity index (χ0v) is 8.13. The lowest BCUT2D eigenvalue weighted by Crippen LogP contribution is -2.10. The lowest BCUT2D eigenvalue weighted by atomic mass is 10.2. The van der Waals surface area contributed by atoms with Crippen molar-refractivity contribution in [2.24, 2.45) is 5.29 Å². The Labute approximate surface area is 83.2 Å². The summed E-state index contributed by atoms with van der Waals surface area (Å²) in [4.78, 5) is 14.0. The van der Waals surface area contributed by atoms with Crippen LogP contribution in [-0.4, -0.2) is 23.6 Å². The molecular formula is C10H13N3O. The molecule has 0 N–H and O–H groups in total.